The SMILES string of the molecule is O=C(Nc1nc2c(s1)CCCC2)N1C[C@@H]2CCC[C@@]2(C(=O)O)C1. The lowest BCUT2D eigenvalue weighted by Gasteiger charge is -2.23. The lowest BCUT2D eigenvalue weighted by Crippen LogP contribution is -2.38. The van der Waals surface area contributed by atoms with Gasteiger partial charge in [0.05, 0.1) is 11.1 Å². The normalized spacial score (nSPS) is 29.2. The molecule has 4 rings (SSSR count). The van der Waals surface area contributed by atoms with E-state index in [9.17, 15) is 14.7 Å². The summed E-state index contributed by atoms with van der Waals surface area (Å²) < 4.78 is 0. The molecule has 2 aliphatic carbocycles. The first-order valence-electron chi connectivity index (χ1n) is 8.36. The lowest BCUT2D eigenvalue weighted by atomic mass is 9.81. The number of thiazole rings is 1. The number of likely N-dealkylation sites (tertiary alicyclic amines) is 1. The van der Waals surface area contributed by atoms with Gasteiger partial charge in [0.25, 0.3) is 0 Å². The number of aliphatic carboxylic acids is 1. The zero-order chi connectivity index (χ0) is 16.0. The van der Waals surface area contributed by atoms with Gasteiger partial charge in [-0.2, -0.15) is 0 Å². The Morgan fingerprint density at radius 2 is 2.13 bits per heavy atom. The number of urea groups is 1. The topological polar surface area (TPSA) is 82.5 Å². The fraction of sp³-hybridized carbons (Fsp3) is 0.688. The van der Waals surface area contributed by atoms with Crippen LogP contribution in [0.5, 0.6) is 0 Å². The lowest BCUT2D eigenvalue weighted by molar-refractivity contribution is -0.149. The molecule has 0 spiro atoms. The van der Waals surface area contributed by atoms with Crippen LogP contribution in [0, 0.1) is 11.3 Å². The highest BCUT2D eigenvalue weighted by Gasteiger charge is 2.55. The van der Waals surface area contributed by atoms with Crippen LogP contribution in [0.4, 0.5) is 9.93 Å². The first-order valence-corrected chi connectivity index (χ1v) is 9.18. The van der Waals surface area contributed by atoms with Gasteiger partial charge < -0.3 is 10.0 Å². The molecule has 2 fully saturated rings. The molecule has 3 aliphatic rings. The Morgan fingerprint density at radius 1 is 1.30 bits per heavy atom. The Bertz CT molecular complexity index is 635. The highest BCUT2D eigenvalue weighted by molar-refractivity contribution is 7.15. The third-order valence-corrected chi connectivity index (χ3v) is 6.72. The van der Waals surface area contributed by atoms with Gasteiger partial charge >= 0.3 is 12.0 Å². The van der Waals surface area contributed by atoms with Gasteiger partial charge in [-0.25, -0.2) is 9.78 Å². The molecule has 1 aromatic heterocycles. The molecule has 0 aromatic carbocycles. The van der Waals surface area contributed by atoms with E-state index >= 15 is 0 Å². The molecule has 0 bridgehead atoms. The molecular weight excluding hydrogens is 314 g/mol. The second-order valence-corrected chi connectivity index (χ2v) is 8.04. The van der Waals surface area contributed by atoms with Gasteiger partial charge in [0.15, 0.2) is 5.13 Å². The van der Waals surface area contributed by atoms with Crippen molar-refractivity contribution in [1.29, 1.82) is 0 Å². The van der Waals surface area contributed by atoms with E-state index in [0.29, 0.717) is 24.6 Å². The largest absolute Gasteiger partial charge is 0.481 e. The van der Waals surface area contributed by atoms with Crippen molar-refractivity contribution in [1.82, 2.24) is 9.88 Å². The summed E-state index contributed by atoms with van der Waals surface area (Å²) in [7, 11) is 0. The van der Waals surface area contributed by atoms with Gasteiger partial charge in [-0.15, -0.1) is 11.3 Å². The van der Waals surface area contributed by atoms with Crippen LogP contribution >= 0.6 is 11.3 Å². The quantitative estimate of drug-likeness (QED) is 0.870. The van der Waals surface area contributed by atoms with Crippen molar-refractivity contribution in [2.45, 2.75) is 44.9 Å². The number of rotatable bonds is 2. The number of anilines is 1. The van der Waals surface area contributed by atoms with Gasteiger partial charge in [-0.05, 0) is 44.4 Å². The summed E-state index contributed by atoms with van der Waals surface area (Å²) >= 11 is 1.56. The van der Waals surface area contributed by atoms with E-state index in [-0.39, 0.29) is 11.9 Å². The van der Waals surface area contributed by atoms with Crippen molar-refractivity contribution in [2.75, 3.05) is 18.4 Å². The molecule has 0 unspecified atom stereocenters. The fourth-order valence-electron chi connectivity index (χ4n) is 4.37. The van der Waals surface area contributed by atoms with Crippen LogP contribution in [0.15, 0.2) is 0 Å². The van der Waals surface area contributed by atoms with E-state index in [1.54, 1.807) is 16.2 Å². The van der Waals surface area contributed by atoms with Crippen molar-refractivity contribution in [2.24, 2.45) is 11.3 Å². The van der Waals surface area contributed by atoms with Crippen molar-refractivity contribution in [3.8, 4) is 0 Å². The number of nitrogens with one attached hydrogen (secondary N) is 1. The number of amides is 2. The predicted molar refractivity (Wildman–Crippen MR) is 86.8 cm³/mol. The van der Waals surface area contributed by atoms with Crippen LogP contribution < -0.4 is 5.32 Å². The van der Waals surface area contributed by atoms with Crippen molar-refractivity contribution in [3.63, 3.8) is 0 Å². The van der Waals surface area contributed by atoms with Crippen molar-refractivity contribution in [3.05, 3.63) is 10.6 Å². The van der Waals surface area contributed by atoms with Crippen LogP contribution in [-0.2, 0) is 17.6 Å². The van der Waals surface area contributed by atoms with Gasteiger partial charge in [0, 0.05) is 18.0 Å². The summed E-state index contributed by atoms with van der Waals surface area (Å²) in [6.45, 7) is 0.868. The van der Waals surface area contributed by atoms with E-state index in [0.717, 1.165) is 31.4 Å². The molecule has 7 heteroatoms. The number of carboxylic acids is 1. The number of carboxylic acid groups (broad SMARTS) is 1. The number of aromatic nitrogens is 1. The van der Waals surface area contributed by atoms with E-state index in [1.165, 1.54) is 17.7 Å². The number of hydrogen-bond donors (Lipinski definition) is 2. The molecule has 2 N–H and O–H groups in total. The first-order chi connectivity index (χ1) is 11.1. The Labute approximate surface area is 138 Å². The zero-order valence-electron chi connectivity index (χ0n) is 13.0. The van der Waals surface area contributed by atoms with Crippen LogP contribution in [0.3, 0.4) is 0 Å². The first kappa shape index (κ1) is 14.9. The summed E-state index contributed by atoms with van der Waals surface area (Å²) in [5.74, 6) is -0.657. The van der Waals surface area contributed by atoms with E-state index in [2.05, 4.69) is 10.3 Å². The number of aryl methyl sites for hydroxylation is 2. The van der Waals surface area contributed by atoms with Gasteiger partial charge in [-0.3, -0.25) is 10.1 Å². The molecule has 1 aromatic rings. The monoisotopic (exact) mass is 335 g/mol. The van der Waals surface area contributed by atoms with E-state index in [4.69, 9.17) is 0 Å². The standard InChI is InChI=1S/C16H21N3O3S/c20-13(21)16-7-3-4-10(16)8-19(9-16)15(22)18-14-17-11-5-1-2-6-12(11)23-14/h10H,1-9H2,(H,20,21)(H,17,18,22)/t10-,16+/m0/s1. The smallest absolute Gasteiger partial charge is 0.323 e. The van der Waals surface area contributed by atoms with Crippen LogP contribution in [0.2, 0.25) is 0 Å². The summed E-state index contributed by atoms with van der Waals surface area (Å²) in [5.41, 5.74) is 0.399. The molecule has 1 aliphatic heterocycles. The maximum absolute atomic E-state index is 12.5. The predicted octanol–water partition coefficient (Wildman–Crippen LogP) is 2.74. The maximum atomic E-state index is 12.5. The number of carbonyl (C=O) groups is 2. The highest BCUT2D eigenvalue weighted by Crippen LogP contribution is 2.49. The number of carbonyl (C=O) groups excluding carboxylic acids is 1. The Morgan fingerprint density at radius 3 is 2.87 bits per heavy atom. The minimum Gasteiger partial charge on any atom is -0.481 e. The minimum absolute atomic E-state index is 0.0928. The van der Waals surface area contributed by atoms with E-state index < -0.39 is 11.4 Å². The summed E-state index contributed by atoms with van der Waals surface area (Å²) in [4.78, 5) is 31.7. The van der Waals surface area contributed by atoms with E-state index in [1.807, 2.05) is 0 Å². The Balaban J connectivity index is 1.46. The van der Waals surface area contributed by atoms with Crippen molar-refractivity contribution >= 4 is 28.5 Å². The van der Waals surface area contributed by atoms with Crippen molar-refractivity contribution < 1.29 is 14.7 Å². The number of fused-ring (bicyclic) bond motifs is 2. The van der Waals surface area contributed by atoms with Crippen LogP contribution in [0.25, 0.3) is 0 Å². The second kappa shape index (κ2) is 5.47. The van der Waals surface area contributed by atoms with Gasteiger partial charge in [0.2, 0.25) is 0 Å². The average Bonchev–Trinajstić information content (AvgIpc) is 3.18. The van der Waals surface area contributed by atoms with Gasteiger partial charge in [0.1, 0.15) is 0 Å². The third kappa shape index (κ3) is 2.41. The summed E-state index contributed by atoms with van der Waals surface area (Å²) in [6, 6.07) is -0.203. The molecule has 2 heterocycles. The minimum atomic E-state index is -0.750. The second-order valence-electron chi connectivity index (χ2n) is 6.96. The third-order valence-electron chi connectivity index (χ3n) is 5.64. The molecule has 1 saturated carbocycles. The summed E-state index contributed by atoms with van der Waals surface area (Å²) in [5, 5.41) is 13.1. The molecule has 1 saturated heterocycles. The molecule has 0 radical (unpaired) electrons. The van der Waals surface area contributed by atoms with Gasteiger partial charge in [-0.1, -0.05) is 6.42 Å². The molecule has 124 valence electrons. The summed E-state index contributed by atoms with van der Waals surface area (Å²) in [6.07, 6.45) is 6.94. The number of nitrogens with zero attached hydrogens (tertiary/aromatic N) is 2. The molecule has 23 heavy (non-hydrogen) atoms. The average molecular weight is 335 g/mol. The zero-order valence-corrected chi connectivity index (χ0v) is 13.8. The van der Waals surface area contributed by atoms with Crippen LogP contribution in [0.1, 0.15) is 42.7 Å². The van der Waals surface area contributed by atoms with Crippen LogP contribution in [-0.4, -0.2) is 40.1 Å². The molecule has 2 atom stereocenters. The molecular formula is C16H21N3O3S. The Hall–Kier alpha value is -1.63. The maximum Gasteiger partial charge on any atom is 0.323 e. The fourth-order valence-corrected chi connectivity index (χ4v) is 5.41. The Kier molecular flexibility index (Phi) is 3.55. The highest BCUT2D eigenvalue weighted by atomic mass is 32.1. The molecule has 6 nitrogen and oxygen atoms in total. The number of hydrogen-bond acceptors (Lipinski definition) is 4. The molecule has 2 amide bonds.